The highest BCUT2D eigenvalue weighted by atomic mass is 16.5. The van der Waals surface area contributed by atoms with Crippen molar-refractivity contribution in [3.05, 3.63) is 0 Å². The first-order chi connectivity index (χ1) is 7.49. The van der Waals surface area contributed by atoms with Gasteiger partial charge < -0.3 is 14.6 Å². The van der Waals surface area contributed by atoms with Crippen molar-refractivity contribution in [3.63, 3.8) is 0 Å². The second-order valence-corrected chi connectivity index (χ2v) is 5.67. The lowest BCUT2D eigenvalue weighted by atomic mass is 9.91. The maximum Gasteiger partial charge on any atom is 0.0853 e. The Balaban J connectivity index is 1.92. The molecule has 2 saturated heterocycles. The highest BCUT2D eigenvalue weighted by Crippen LogP contribution is 2.29. The molecular formula is C12H23NO3. The third kappa shape index (κ3) is 3.17. The van der Waals surface area contributed by atoms with Crippen molar-refractivity contribution in [1.29, 1.82) is 0 Å². The van der Waals surface area contributed by atoms with Gasteiger partial charge in [0.25, 0.3) is 0 Å². The molecule has 2 aliphatic rings. The summed E-state index contributed by atoms with van der Waals surface area (Å²) in [4.78, 5) is 2.31. The molecule has 0 amide bonds. The second kappa shape index (κ2) is 4.61. The van der Waals surface area contributed by atoms with E-state index < -0.39 is 5.60 Å². The van der Waals surface area contributed by atoms with E-state index in [1.165, 1.54) is 0 Å². The van der Waals surface area contributed by atoms with Crippen LogP contribution in [0.1, 0.15) is 26.7 Å². The maximum absolute atomic E-state index is 9.85. The van der Waals surface area contributed by atoms with Crippen LogP contribution in [0.3, 0.4) is 0 Å². The summed E-state index contributed by atoms with van der Waals surface area (Å²) in [5.74, 6) is 0. The first-order valence-corrected chi connectivity index (χ1v) is 6.16. The number of rotatable bonds is 2. The zero-order valence-corrected chi connectivity index (χ0v) is 10.4. The first-order valence-electron chi connectivity index (χ1n) is 6.16. The number of nitrogens with zero attached hydrogens (tertiary/aromatic N) is 1. The highest BCUT2D eigenvalue weighted by Gasteiger charge is 2.39. The van der Waals surface area contributed by atoms with Crippen LogP contribution in [0.4, 0.5) is 0 Å². The lowest BCUT2D eigenvalue weighted by Gasteiger charge is -2.46. The Morgan fingerprint density at radius 2 is 1.94 bits per heavy atom. The largest absolute Gasteiger partial charge is 0.389 e. The van der Waals surface area contributed by atoms with E-state index in [0.29, 0.717) is 0 Å². The van der Waals surface area contributed by atoms with Crippen molar-refractivity contribution < 1.29 is 14.6 Å². The minimum absolute atomic E-state index is 0.0122. The van der Waals surface area contributed by atoms with Gasteiger partial charge in [-0.1, -0.05) is 0 Å². The average molecular weight is 229 g/mol. The van der Waals surface area contributed by atoms with Crippen LogP contribution in [-0.2, 0) is 9.47 Å². The van der Waals surface area contributed by atoms with Gasteiger partial charge in [-0.25, -0.2) is 0 Å². The predicted molar refractivity (Wildman–Crippen MR) is 61.5 cm³/mol. The number of morpholine rings is 1. The Hall–Kier alpha value is -0.160. The van der Waals surface area contributed by atoms with Gasteiger partial charge in [0.05, 0.1) is 17.8 Å². The van der Waals surface area contributed by atoms with E-state index in [4.69, 9.17) is 9.47 Å². The molecule has 1 spiro atoms. The van der Waals surface area contributed by atoms with Crippen LogP contribution in [0.2, 0.25) is 0 Å². The molecule has 1 N–H and O–H groups in total. The summed E-state index contributed by atoms with van der Waals surface area (Å²) < 4.78 is 11.3. The standard InChI is InChI=1S/C12H23NO3/c1-11(2,14)9-13-5-8-16-12(10-13)3-6-15-7-4-12/h14H,3-10H2,1-2H3. The second-order valence-electron chi connectivity index (χ2n) is 5.67. The predicted octanol–water partition coefficient (Wildman–Crippen LogP) is 0.639. The van der Waals surface area contributed by atoms with Gasteiger partial charge in [0.15, 0.2) is 0 Å². The van der Waals surface area contributed by atoms with E-state index in [9.17, 15) is 5.11 Å². The first kappa shape index (κ1) is 12.3. The summed E-state index contributed by atoms with van der Waals surface area (Å²) in [5.41, 5.74) is -0.633. The Kier molecular flexibility index (Phi) is 3.54. The lowest BCUT2D eigenvalue weighted by molar-refractivity contribution is -0.160. The number of ether oxygens (including phenoxy) is 2. The fourth-order valence-corrected chi connectivity index (χ4v) is 2.65. The maximum atomic E-state index is 9.85. The van der Waals surface area contributed by atoms with Gasteiger partial charge in [-0.3, -0.25) is 4.90 Å². The van der Waals surface area contributed by atoms with Crippen molar-refractivity contribution in [2.75, 3.05) is 39.5 Å². The molecule has 2 rings (SSSR count). The fourth-order valence-electron chi connectivity index (χ4n) is 2.65. The topological polar surface area (TPSA) is 41.9 Å². The van der Waals surface area contributed by atoms with Crippen LogP contribution < -0.4 is 0 Å². The molecule has 2 heterocycles. The van der Waals surface area contributed by atoms with Crippen LogP contribution in [0.5, 0.6) is 0 Å². The number of hydrogen-bond donors (Lipinski definition) is 1. The summed E-state index contributed by atoms with van der Waals surface area (Å²) in [6.07, 6.45) is 1.96. The molecule has 0 saturated carbocycles. The SMILES string of the molecule is CC(C)(O)CN1CCOC2(CCOCC2)C1. The summed E-state index contributed by atoms with van der Waals surface area (Å²) in [6, 6.07) is 0. The van der Waals surface area contributed by atoms with Crippen LogP contribution in [0, 0.1) is 0 Å². The van der Waals surface area contributed by atoms with Crippen molar-refractivity contribution in [3.8, 4) is 0 Å². The third-order valence-electron chi connectivity index (χ3n) is 3.34. The fraction of sp³-hybridized carbons (Fsp3) is 1.00. The molecule has 0 unspecified atom stereocenters. The van der Waals surface area contributed by atoms with Crippen molar-refractivity contribution in [1.82, 2.24) is 4.90 Å². The van der Waals surface area contributed by atoms with E-state index in [0.717, 1.165) is 52.3 Å². The molecule has 4 heteroatoms. The minimum Gasteiger partial charge on any atom is -0.389 e. The zero-order chi connectivity index (χ0) is 11.6. The summed E-state index contributed by atoms with van der Waals surface area (Å²) in [6.45, 7) is 8.67. The molecule has 0 bridgehead atoms. The van der Waals surface area contributed by atoms with E-state index in [1.54, 1.807) is 0 Å². The number of β-amino-alcohol motifs (C(OH)–C–C–N with tert-alkyl or cyclic N) is 1. The Labute approximate surface area is 97.5 Å². The smallest absolute Gasteiger partial charge is 0.0853 e. The molecular weight excluding hydrogens is 206 g/mol. The van der Waals surface area contributed by atoms with Gasteiger partial charge in [-0.05, 0) is 13.8 Å². The molecule has 2 fully saturated rings. The molecule has 0 radical (unpaired) electrons. The highest BCUT2D eigenvalue weighted by molar-refractivity contribution is 4.91. The summed E-state index contributed by atoms with van der Waals surface area (Å²) >= 11 is 0. The zero-order valence-electron chi connectivity index (χ0n) is 10.4. The van der Waals surface area contributed by atoms with E-state index in [1.807, 2.05) is 13.8 Å². The van der Waals surface area contributed by atoms with Gasteiger partial charge in [-0.15, -0.1) is 0 Å². The number of aliphatic hydroxyl groups is 1. The minimum atomic E-state index is -0.621. The van der Waals surface area contributed by atoms with Crippen molar-refractivity contribution in [2.45, 2.75) is 37.9 Å². The van der Waals surface area contributed by atoms with Crippen LogP contribution in [0.15, 0.2) is 0 Å². The molecule has 0 aliphatic carbocycles. The molecule has 0 aromatic heterocycles. The third-order valence-corrected chi connectivity index (χ3v) is 3.34. The van der Waals surface area contributed by atoms with Gasteiger partial charge in [-0.2, -0.15) is 0 Å². The monoisotopic (exact) mass is 229 g/mol. The molecule has 4 nitrogen and oxygen atoms in total. The van der Waals surface area contributed by atoms with E-state index in [-0.39, 0.29) is 5.60 Å². The molecule has 16 heavy (non-hydrogen) atoms. The van der Waals surface area contributed by atoms with Crippen LogP contribution in [-0.4, -0.2) is 60.7 Å². The van der Waals surface area contributed by atoms with Crippen molar-refractivity contribution in [2.24, 2.45) is 0 Å². The Morgan fingerprint density at radius 1 is 1.25 bits per heavy atom. The molecule has 0 atom stereocenters. The quantitative estimate of drug-likeness (QED) is 0.754. The van der Waals surface area contributed by atoms with E-state index >= 15 is 0 Å². The van der Waals surface area contributed by atoms with Gasteiger partial charge in [0.2, 0.25) is 0 Å². The molecule has 0 aromatic rings. The van der Waals surface area contributed by atoms with Gasteiger partial charge in [0.1, 0.15) is 0 Å². The normalized spacial score (nSPS) is 27.2. The summed E-state index contributed by atoms with van der Waals surface area (Å²) in [7, 11) is 0. The van der Waals surface area contributed by atoms with Gasteiger partial charge >= 0.3 is 0 Å². The van der Waals surface area contributed by atoms with Crippen LogP contribution in [0.25, 0.3) is 0 Å². The molecule has 94 valence electrons. The number of hydrogen-bond acceptors (Lipinski definition) is 4. The van der Waals surface area contributed by atoms with Gasteiger partial charge in [0, 0.05) is 45.7 Å². The van der Waals surface area contributed by atoms with Crippen molar-refractivity contribution >= 4 is 0 Å². The average Bonchev–Trinajstić information content (AvgIpc) is 2.16. The lowest BCUT2D eigenvalue weighted by Crippen LogP contribution is -2.56. The molecule has 0 aromatic carbocycles. The Morgan fingerprint density at radius 3 is 2.56 bits per heavy atom. The van der Waals surface area contributed by atoms with Crippen LogP contribution >= 0.6 is 0 Å². The summed E-state index contributed by atoms with van der Waals surface area (Å²) in [5, 5.41) is 9.85. The molecule has 2 aliphatic heterocycles. The van der Waals surface area contributed by atoms with E-state index in [2.05, 4.69) is 4.90 Å². The Bertz CT molecular complexity index is 225.